The second-order valence-electron chi connectivity index (χ2n) is 5.07. The highest BCUT2D eigenvalue weighted by molar-refractivity contribution is 6.32. The topological polar surface area (TPSA) is 105 Å². The summed E-state index contributed by atoms with van der Waals surface area (Å²) in [6.07, 6.45) is 1.30. The Morgan fingerprint density at radius 3 is 2.60 bits per heavy atom. The van der Waals surface area contributed by atoms with Gasteiger partial charge in [0.1, 0.15) is 22.9 Å². The van der Waals surface area contributed by atoms with Gasteiger partial charge in [0.25, 0.3) is 5.91 Å². The number of methoxy groups -OCH3 is 1. The summed E-state index contributed by atoms with van der Waals surface area (Å²) in [6, 6.07) is 8.93. The molecule has 3 aromatic rings. The van der Waals surface area contributed by atoms with E-state index in [1.54, 1.807) is 24.3 Å². The summed E-state index contributed by atoms with van der Waals surface area (Å²) in [5.41, 5.74) is 0.837. The van der Waals surface area contributed by atoms with Crippen LogP contribution in [0.5, 0.6) is 17.2 Å². The molecule has 0 saturated carbocycles. The molecule has 0 aliphatic carbocycles. The molecule has 7 nitrogen and oxygen atoms in total. The fourth-order valence-electron chi connectivity index (χ4n) is 2.19. The SMILES string of the molecule is COc1ccc(C(=O)Nc2cnoc2-c2cc(Cl)c(O)cc2O)cc1. The zero-order valence-electron chi connectivity index (χ0n) is 13.0. The fraction of sp³-hybridized carbons (Fsp3) is 0.0588. The number of phenols is 2. The van der Waals surface area contributed by atoms with E-state index in [0.29, 0.717) is 11.3 Å². The molecule has 1 amide bonds. The highest BCUT2D eigenvalue weighted by atomic mass is 35.5. The van der Waals surface area contributed by atoms with Crippen LogP contribution >= 0.6 is 11.6 Å². The smallest absolute Gasteiger partial charge is 0.255 e. The fourth-order valence-corrected chi connectivity index (χ4v) is 2.36. The van der Waals surface area contributed by atoms with E-state index < -0.39 is 5.91 Å². The molecule has 128 valence electrons. The van der Waals surface area contributed by atoms with Gasteiger partial charge in [0.2, 0.25) is 0 Å². The minimum absolute atomic E-state index is 0.0247. The van der Waals surface area contributed by atoms with Crippen molar-refractivity contribution in [2.45, 2.75) is 0 Å². The molecule has 0 unspecified atom stereocenters. The third-order valence-electron chi connectivity index (χ3n) is 3.48. The highest BCUT2D eigenvalue weighted by Gasteiger charge is 2.19. The summed E-state index contributed by atoms with van der Waals surface area (Å²) in [7, 11) is 1.54. The van der Waals surface area contributed by atoms with Gasteiger partial charge >= 0.3 is 0 Å². The largest absolute Gasteiger partial charge is 0.507 e. The number of carbonyl (C=O) groups excluding carboxylic acids is 1. The van der Waals surface area contributed by atoms with Gasteiger partial charge in [0.15, 0.2) is 5.76 Å². The van der Waals surface area contributed by atoms with Crippen molar-refractivity contribution in [2.75, 3.05) is 12.4 Å². The number of rotatable bonds is 4. The first-order chi connectivity index (χ1) is 12.0. The molecule has 1 heterocycles. The van der Waals surface area contributed by atoms with E-state index in [4.69, 9.17) is 20.9 Å². The third-order valence-corrected chi connectivity index (χ3v) is 3.78. The summed E-state index contributed by atoms with van der Waals surface area (Å²) in [5.74, 6) is -0.187. The van der Waals surface area contributed by atoms with Crippen molar-refractivity contribution in [3.8, 4) is 28.6 Å². The summed E-state index contributed by atoms with van der Waals surface area (Å²) in [5, 5.41) is 25.8. The van der Waals surface area contributed by atoms with E-state index in [9.17, 15) is 15.0 Å². The van der Waals surface area contributed by atoms with Gasteiger partial charge in [-0.15, -0.1) is 0 Å². The lowest BCUT2D eigenvalue weighted by atomic mass is 10.1. The molecule has 3 rings (SSSR count). The van der Waals surface area contributed by atoms with Crippen molar-refractivity contribution in [2.24, 2.45) is 0 Å². The summed E-state index contributed by atoms with van der Waals surface area (Å²) in [4.78, 5) is 12.4. The number of hydrogen-bond donors (Lipinski definition) is 3. The number of hydrogen-bond acceptors (Lipinski definition) is 6. The minimum atomic E-state index is -0.392. The first-order valence-corrected chi connectivity index (χ1v) is 7.49. The molecule has 0 aliphatic heterocycles. The van der Waals surface area contributed by atoms with Gasteiger partial charge in [-0.25, -0.2) is 0 Å². The number of aromatic hydroxyl groups is 2. The Kier molecular flexibility index (Phi) is 4.49. The molecule has 2 aromatic carbocycles. The zero-order valence-corrected chi connectivity index (χ0v) is 13.7. The van der Waals surface area contributed by atoms with Crippen molar-refractivity contribution in [3.05, 3.63) is 53.2 Å². The van der Waals surface area contributed by atoms with Gasteiger partial charge in [-0.1, -0.05) is 16.8 Å². The van der Waals surface area contributed by atoms with E-state index in [-0.39, 0.29) is 33.5 Å². The number of carbonyl (C=O) groups is 1. The lowest BCUT2D eigenvalue weighted by Gasteiger charge is -2.08. The summed E-state index contributed by atoms with van der Waals surface area (Å²) < 4.78 is 10.2. The maximum absolute atomic E-state index is 12.4. The van der Waals surface area contributed by atoms with Crippen molar-refractivity contribution in [3.63, 3.8) is 0 Å². The number of phenolic OH excluding ortho intramolecular Hbond substituents is 2. The van der Waals surface area contributed by atoms with Crippen LogP contribution in [0.3, 0.4) is 0 Å². The Hall–Kier alpha value is -3.19. The van der Waals surface area contributed by atoms with Crippen LogP contribution in [0.15, 0.2) is 47.1 Å². The second kappa shape index (κ2) is 6.74. The highest BCUT2D eigenvalue weighted by Crippen LogP contribution is 2.40. The summed E-state index contributed by atoms with van der Waals surface area (Å²) in [6.45, 7) is 0. The Balaban J connectivity index is 1.89. The van der Waals surface area contributed by atoms with Crippen LogP contribution in [0.4, 0.5) is 5.69 Å². The first kappa shape index (κ1) is 16.7. The van der Waals surface area contributed by atoms with E-state index >= 15 is 0 Å². The maximum atomic E-state index is 12.4. The van der Waals surface area contributed by atoms with Crippen molar-refractivity contribution in [1.82, 2.24) is 5.16 Å². The lowest BCUT2D eigenvalue weighted by Crippen LogP contribution is -2.11. The number of anilines is 1. The van der Waals surface area contributed by atoms with Gasteiger partial charge in [-0.3, -0.25) is 4.79 Å². The minimum Gasteiger partial charge on any atom is -0.507 e. The molecule has 1 aromatic heterocycles. The summed E-state index contributed by atoms with van der Waals surface area (Å²) >= 11 is 5.86. The molecule has 0 atom stereocenters. The van der Waals surface area contributed by atoms with Crippen LogP contribution < -0.4 is 10.1 Å². The lowest BCUT2D eigenvalue weighted by molar-refractivity contribution is 0.102. The number of nitrogens with one attached hydrogen (secondary N) is 1. The normalized spacial score (nSPS) is 10.5. The monoisotopic (exact) mass is 360 g/mol. The number of halogens is 1. The molecule has 0 fully saturated rings. The van der Waals surface area contributed by atoms with Crippen molar-refractivity contribution < 1.29 is 24.3 Å². The van der Waals surface area contributed by atoms with Crippen molar-refractivity contribution >= 4 is 23.2 Å². The molecule has 0 spiro atoms. The zero-order chi connectivity index (χ0) is 18.0. The molecule has 0 bridgehead atoms. The van der Waals surface area contributed by atoms with E-state index in [1.807, 2.05) is 0 Å². The van der Waals surface area contributed by atoms with Gasteiger partial charge < -0.3 is 24.8 Å². The number of aromatic nitrogens is 1. The standard InChI is InChI=1S/C17H13ClN2O5/c1-24-10-4-2-9(3-5-10)17(23)20-13-8-19-25-16(13)11-6-12(18)15(22)7-14(11)21/h2-8,21-22H,1H3,(H,20,23). The molecule has 8 heteroatoms. The second-order valence-corrected chi connectivity index (χ2v) is 5.48. The molecular formula is C17H13ClN2O5. The third kappa shape index (κ3) is 3.36. The Morgan fingerprint density at radius 2 is 1.92 bits per heavy atom. The predicted octanol–water partition coefficient (Wildman–Crippen LogP) is 3.67. The first-order valence-electron chi connectivity index (χ1n) is 7.11. The van der Waals surface area contributed by atoms with Crippen LogP contribution in [0, 0.1) is 0 Å². The molecule has 0 saturated heterocycles. The molecular weight excluding hydrogens is 348 g/mol. The predicted molar refractivity (Wildman–Crippen MR) is 91.2 cm³/mol. The van der Waals surface area contributed by atoms with Crippen LogP contribution in [0.25, 0.3) is 11.3 Å². The molecule has 3 N–H and O–H groups in total. The quantitative estimate of drug-likeness (QED) is 0.655. The number of amides is 1. The van der Waals surface area contributed by atoms with Crippen molar-refractivity contribution in [1.29, 1.82) is 0 Å². The number of ether oxygens (including phenoxy) is 1. The van der Waals surface area contributed by atoms with E-state index in [2.05, 4.69) is 10.5 Å². The molecule has 0 aliphatic rings. The van der Waals surface area contributed by atoms with E-state index in [1.165, 1.54) is 19.4 Å². The van der Waals surface area contributed by atoms with Crippen LogP contribution in [0.1, 0.15) is 10.4 Å². The van der Waals surface area contributed by atoms with Gasteiger partial charge in [-0.05, 0) is 30.3 Å². The van der Waals surface area contributed by atoms with Crippen LogP contribution in [-0.2, 0) is 0 Å². The molecule has 0 radical (unpaired) electrons. The number of nitrogens with zero attached hydrogens (tertiary/aromatic N) is 1. The average Bonchev–Trinajstić information content (AvgIpc) is 3.06. The Morgan fingerprint density at radius 1 is 1.20 bits per heavy atom. The van der Waals surface area contributed by atoms with Crippen LogP contribution in [-0.4, -0.2) is 28.4 Å². The van der Waals surface area contributed by atoms with Gasteiger partial charge in [-0.2, -0.15) is 0 Å². The Labute approximate surface area is 147 Å². The van der Waals surface area contributed by atoms with Gasteiger partial charge in [0.05, 0.1) is 23.9 Å². The average molecular weight is 361 g/mol. The van der Waals surface area contributed by atoms with Crippen LogP contribution in [0.2, 0.25) is 5.02 Å². The Bertz CT molecular complexity index is 921. The maximum Gasteiger partial charge on any atom is 0.255 e. The van der Waals surface area contributed by atoms with Gasteiger partial charge in [0, 0.05) is 11.6 Å². The number of benzene rings is 2. The molecule has 25 heavy (non-hydrogen) atoms. The van der Waals surface area contributed by atoms with E-state index in [0.717, 1.165) is 6.07 Å².